The maximum absolute atomic E-state index is 11.4. The van der Waals surface area contributed by atoms with Gasteiger partial charge in [0, 0.05) is 6.54 Å². The first-order valence-corrected chi connectivity index (χ1v) is 8.61. The van der Waals surface area contributed by atoms with Crippen molar-refractivity contribution >= 4 is 29.5 Å². The molecule has 0 aliphatic carbocycles. The van der Waals surface area contributed by atoms with Crippen molar-refractivity contribution in [2.45, 2.75) is 6.61 Å². The predicted octanol–water partition coefficient (Wildman–Crippen LogP) is 3.04. The molecule has 0 aromatic heterocycles. The number of ether oxygens (including phenoxy) is 2. The summed E-state index contributed by atoms with van der Waals surface area (Å²) in [6, 6.07) is 14.6. The fraction of sp³-hybridized carbons (Fsp3) is 0.150. The zero-order valence-corrected chi connectivity index (χ0v) is 15.8. The summed E-state index contributed by atoms with van der Waals surface area (Å²) in [6.07, 6.45) is 3.38. The molecule has 2 aromatic carbocycles. The highest BCUT2D eigenvalue weighted by atomic mass is 32.1. The van der Waals surface area contributed by atoms with Crippen LogP contribution in [0, 0.1) is 0 Å². The highest BCUT2D eigenvalue weighted by Crippen LogP contribution is 2.14. The van der Waals surface area contributed by atoms with E-state index in [0.29, 0.717) is 23.8 Å². The summed E-state index contributed by atoms with van der Waals surface area (Å²) in [5.41, 5.74) is 5.10. The Hall–Kier alpha value is -3.19. The Morgan fingerprint density at radius 2 is 1.89 bits per heavy atom. The van der Waals surface area contributed by atoms with Gasteiger partial charge in [0.1, 0.15) is 12.4 Å². The lowest BCUT2D eigenvalue weighted by Gasteiger charge is -2.07. The number of carbonyl (C=O) groups is 1. The average Bonchev–Trinajstić information content (AvgIpc) is 2.71. The molecule has 0 atom stereocenters. The van der Waals surface area contributed by atoms with Crippen molar-refractivity contribution in [1.29, 1.82) is 0 Å². The topological polar surface area (TPSA) is 72.0 Å². The third kappa shape index (κ3) is 6.91. The number of hydrazone groups is 1. The van der Waals surface area contributed by atoms with Crippen molar-refractivity contribution < 1.29 is 14.3 Å². The lowest BCUT2D eigenvalue weighted by molar-refractivity contribution is 0.0600. The van der Waals surface area contributed by atoms with Crippen molar-refractivity contribution in [1.82, 2.24) is 10.7 Å². The molecule has 140 valence electrons. The van der Waals surface area contributed by atoms with E-state index < -0.39 is 0 Å². The van der Waals surface area contributed by atoms with Crippen LogP contribution in [-0.2, 0) is 11.3 Å². The molecule has 2 aromatic rings. The minimum atomic E-state index is -0.355. The summed E-state index contributed by atoms with van der Waals surface area (Å²) in [5, 5.41) is 7.41. The molecule has 7 heteroatoms. The Morgan fingerprint density at radius 3 is 2.52 bits per heavy atom. The Labute approximate surface area is 163 Å². The second-order valence-corrected chi connectivity index (χ2v) is 5.82. The fourth-order valence-electron chi connectivity index (χ4n) is 2.04. The van der Waals surface area contributed by atoms with E-state index >= 15 is 0 Å². The van der Waals surface area contributed by atoms with E-state index in [2.05, 4.69) is 27.2 Å². The van der Waals surface area contributed by atoms with Crippen LogP contribution in [0.4, 0.5) is 0 Å². The van der Waals surface area contributed by atoms with Gasteiger partial charge in [0.25, 0.3) is 0 Å². The molecule has 0 spiro atoms. The van der Waals surface area contributed by atoms with Crippen molar-refractivity contribution in [3.8, 4) is 5.75 Å². The van der Waals surface area contributed by atoms with E-state index in [0.717, 1.165) is 16.9 Å². The molecule has 2 N–H and O–H groups in total. The Bertz CT molecular complexity index is 802. The molecule has 0 aliphatic heterocycles. The number of thiocarbonyl (C=S) groups is 1. The molecule has 0 saturated heterocycles. The number of esters is 1. The Morgan fingerprint density at radius 1 is 1.19 bits per heavy atom. The van der Waals surface area contributed by atoms with Crippen LogP contribution in [0.5, 0.6) is 5.75 Å². The number of rotatable bonds is 8. The molecule has 0 bridgehead atoms. The van der Waals surface area contributed by atoms with Crippen LogP contribution >= 0.6 is 12.2 Å². The summed E-state index contributed by atoms with van der Waals surface area (Å²) in [5.74, 6) is 0.381. The number of nitrogens with one attached hydrogen (secondary N) is 2. The van der Waals surface area contributed by atoms with Gasteiger partial charge in [0.2, 0.25) is 0 Å². The van der Waals surface area contributed by atoms with Crippen LogP contribution in [0.1, 0.15) is 21.5 Å². The number of methoxy groups -OCH3 is 1. The maximum Gasteiger partial charge on any atom is 0.337 e. The SMILES string of the molecule is C=CCNC(=S)N/N=C/c1ccc(OCc2ccc(C(=O)OC)cc2)cc1. The van der Waals surface area contributed by atoms with E-state index in [1.165, 1.54) is 7.11 Å². The van der Waals surface area contributed by atoms with Gasteiger partial charge in [-0.05, 0) is 59.7 Å². The highest BCUT2D eigenvalue weighted by Gasteiger charge is 2.04. The summed E-state index contributed by atoms with van der Waals surface area (Å²) in [6.45, 7) is 4.58. The number of benzene rings is 2. The highest BCUT2D eigenvalue weighted by molar-refractivity contribution is 7.80. The quantitative estimate of drug-likeness (QED) is 0.240. The number of nitrogens with zero attached hydrogens (tertiary/aromatic N) is 1. The molecule has 2 rings (SSSR count). The molecule has 0 radical (unpaired) electrons. The van der Waals surface area contributed by atoms with Gasteiger partial charge in [0.05, 0.1) is 18.9 Å². The van der Waals surface area contributed by atoms with Crippen LogP contribution in [0.3, 0.4) is 0 Å². The zero-order chi connectivity index (χ0) is 19.5. The van der Waals surface area contributed by atoms with Gasteiger partial charge in [-0.3, -0.25) is 5.43 Å². The second kappa shape index (κ2) is 10.7. The Balaban J connectivity index is 1.82. The normalized spacial score (nSPS) is 10.3. The second-order valence-electron chi connectivity index (χ2n) is 5.41. The van der Waals surface area contributed by atoms with Gasteiger partial charge < -0.3 is 14.8 Å². The van der Waals surface area contributed by atoms with E-state index in [4.69, 9.17) is 17.0 Å². The molecule has 0 fully saturated rings. The lowest BCUT2D eigenvalue weighted by atomic mass is 10.1. The summed E-state index contributed by atoms with van der Waals surface area (Å²) in [7, 11) is 1.36. The molecular weight excluding hydrogens is 362 g/mol. The van der Waals surface area contributed by atoms with Crippen LogP contribution in [0.15, 0.2) is 66.3 Å². The third-order valence-electron chi connectivity index (χ3n) is 3.45. The molecule has 0 aliphatic rings. The molecule has 6 nitrogen and oxygen atoms in total. The standard InChI is InChI=1S/C20H21N3O3S/c1-3-12-21-20(27)23-22-13-15-6-10-18(11-7-15)26-14-16-4-8-17(9-5-16)19(24)25-2/h3-11,13H,1,12,14H2,2H3,(H2,21,23,27)/b22-13+. The van der Waals surface area contributed by atoms with E-state index in [1.54, 1.807) is 24.4 Å². The first-order valence-electron chi connectivity index (χ1n) is 8.20. The van der Waals surface area contributed by atoms with E-state index in [1.807, 2.05) is 36.4 Å². The van der Waals surface area contributed by atoms with E-state index in [-0.39, 0.29) is 5.97 Å². The Kier molecular flexibility index (Phi) is 7.99. The van der Waals surface area contributed by atoms with Gasteiger partial charge in [-0.2, -0.15) is 5.10 Å². The van der Waals surface area contributed by atoms with Crippen LogP contribution in [0.25, 0.3) is 0 Å². The lowest BCUT2D eigenvalue weighted by Crippen LogP contribution is -2.31. The minimum absolute atomic E-state index is 0.355. The first kappa shape index (κ1) is 20.1. The molecular formula is C20H21N3O3S. The smallest absolute Gasteiger partial charge is 0.337 e. The first-order chi connectivity index (χ1) is 13.1. The van der Waals surface area contributed by atoms with Crippen molar-refractivity contribution in [2.75, 3.05) is 13.7 Å². The predicted molar refractivity (Wildman–Crippen MR) is 110 cm³/mol. The summed E-state index contributed by atoms with van der Waals surface area (Å²) in [4.78, 5) is 11.4. The average molecular weight is 383 g/mol. The molecule has 0 heterocycles. The monoisotopic (exact) mass is 383 g/mol. The van der Waals surface area contributed by atoms with Gasteiger partial charge >= 0.3 is 5.97 Å². The summed E-state index contributed by atoms with van der Waals surface area (Å²) >= 11 is 5.04. The van der Waals surface area contributed by atoms with Gasteiger partial charge in [-0.1, -0.05) is 18.2 Å². The van der Waals surface area contributed by atoms with Crippen molar-refractivity contribution in [3.05, 3.63) is 77.9 Å². The fourth-order valence-corrected chi connectivity index (χ4v) is 2.18. The van der Waals surface area contributed by atoms with Crippen LogP contribution in [0.2, 0.25) is 0 Å². The van der Waals surface area contributed by atoms with Crippen LogP contribution in [-0.4, -0.2) is 31.0 Å². The van der Waals surface area contributed by atoms with Gasteiger partial charge in [-0.25, -0.2) is 4.79 Å². The maximum atomic E-state index is 11.4. The largest absolute Gasteiger partial charge is 0.489 e. The minimum Gasteiger partial charge on any atom is -0.489 e. The van der Waals surface area contributed by atoms with Crippen molar-refractivity contribution in [3.63, 3.8) is 0 Å². The van der Waals surface area contributed by atoms with Gasteiger partial charge in [0.15, 0.2) is 5.11 Å². The molecule has 27 heavy (non-hydrogen) atoms. The third-order valence-corrected chi connectivity index (χ3v) is 3.68. The zero-order valence-electron chi connectivity index (χ0n) is 15.0. The number of carbonyl (C=O) groups excluding carboxylic acids is 1. The van der Waals surface area contributed by atoms with E-state index in [9.17, 15) is 4.79 Å². The van der Waals surface area contributed by atoms with Crippen molar-refractivity contribution in [2.24, 2.45) is 5.10 Å². The molecule has 0 amide bonds. The molecule has 0 unspecified atom stereocenters. The molecule has 0 saturated carbocycles. The van der Waals surface area contributed by atoms with Gasteiger partial charge in [-0.15, -0.1) is 6.58 Å². The number of hydrogen-bond donors (Lipinski definition) is 2. The van der Waals surface area contributed by atoms with Crippen LogP contribution < -0.4 is 15.5 Å². The summed E-state index contributed by atoms with van der Waals surface area (Å²) < 4.78 is 10.4. The number of hydrogen-bond acceptors (Lipinski definition) is 5.